The topological polar surface area (TPSA) is 20.3 Å². The van der Waals surface area contributed by atoms with Gasteiger partial charge in [-0.05, 0) is 45.3 Å². The Bertz CT molecular complexity index is 635. The van der Waals surface area contributed by atoms with Gasteiger partial charge in [-0.15, -0.1) is 0 Å². The zero-order chi connectivity index (χ0) is 20.1. The summed E-state index contributed by atoms with van der Waals surface area (Å²) in [6.07, 6.45) is 9.26. The molecule has 0 amide bonds. The average Bonchev–Trinajstić information content (AvgIpc) is 2.76. The molecule has 154 valence electrons. The third-order valence-corrected chi connectivity index (χ3v) is 8.66. The molecule has 3 heteroatoms. The van der Waals surface area contributed by atoms with Crippen LogP contribution in [-0.4, -0.2) is 30.7 Å². The summed E-state index contributed by atoms with van der Waals surface area (Å²) in [4.78, 5) is 2.63. The fourth-order valence-corrected chi connectivity index (χ4v) is 6.48. The van der Waals surface area contributed by atoms with E-state index in [0.29, 0.717) is 0 Å². The van der Waals surface area contributed by atoms with Crippen LogP contribution < -0.4 is 10.6 Å². The second-order valence-electron chi connectivity index (χ2n) is 7.74. The van der Waals surface area contributed by atoms with Crippen LogP contribution in [-0.2, 0) is 4.57 Å². The molecule has 2 nitrogen and oxygen atoms in total. The predicted molar refractivity (Wildman–Crippen MR) is 125 cm³/mol. The van der Waals surface area contributed by atoms with Gasteiger partial charge in [0.15, 0.2) is 0 Å². The predicted octanol–water partition coefficient (Wildman–Crippen LogP) is 6.07. The molecule has 0 heterocycles. The smallest absolute Gasteiger partial charge is 0.143 e. The Morgan fingerprint density at radius 2 is 1.11 bits per heavy atom. The maximum atomic E-state index is 14.0. The van der Waals surface area contributed by atoms with E-state index in [9.17, 15) is 4.57 Å². The van der Waals surface area contributed by atoms with Gasteiger partial charge < -0.3 is 9.46 Å². The molecular formula is C25H38NOP. The van der Waals surface area contributed by atoms with Crippen molar-refractivity contribution in [2.75, 3.05) is 25.8 Å². The summed E-state index contributed by atoms with van der Waals surface area (Å²) in [5.74, 6) is 0. The third-order valence-electron chi connectivity index (χ3n) is 5.45. The SMILES string of the molecule is CCCCN(CCCC)CCCCCP(=O)(c1ccccc1)c1ccccc1. The Balaban J connectivity index is 1.91. The average molecular weight is 400 g/mol. The van der Waals surface area contributed by atoms with E-state index in [1.807, 2.05) is 60.7 Å². The Morgan fingerprint density at radius 1 is 0.643 bits per heavy atom. The van der Waals surface area contributed by atoms with Crippen molar-refractivity contribution >= 4 is 17.8 Å². The van der Waals surface area contributed by atoms with Crippen LogP contribution in [0.3, 0.4) is 0 Å². The second-order valence-corrected chi connectivity index (χ2v) is 10.7. The zero-order valence-electron chi connectivity index (χ0n) is 17.9. The van der Waals surface area contributed by atoms with Gasteiger partial charge in [-0.1, -0.05) is 93.8 Å². The van der Waals surface area contributed by atoms with Crippen LogP contribution in [0.15, 0.2) is 60.7 Å². The lowest BCUT2D eigenvalue weighted by molar-refractivity contribution is 0.260. The van der Waals surface area contributed by atoms with Crippen molar-refractivity contribution in [2.24, 2.45) is 0 Å². The van der Waals surface area contributed by atoms with Crippen LogP contribution in [0.4, 0.5) is 0 Å². The first-order chi connectivity index (χ1) is 13.7. The summed E-state index contributed by atoms with van der Waals surface area (Å²) >= 11 is 0. The molecule has 0 radical (unpaired) electrons. The van der Waals surface area contributed by atoms with Crippen molar-refractivity contribution < 1.29 is 4.57 Å². The minimum absolute atomic E-state index is 0.769. The van der Waals surface area contributed by atoms with Crippen molar-refractivity contribution in [3.63, 3.8) is 0 Å². The van der Waals surface area contributed by atoms with E-state index < -0.39 is 7.14 Å². The van der Waals surface area contributed by atoms with Crippen molar-refractivity contribution in [3.05, 3.63) is 60.7 Å². The largest absolute Gasteiger partial charge is 0.314 e. The fraction of sp³-hybridized carbons (Fsp3) is 0.520. The quantitative estimate of drug-likeness (QED) is 0.284. The van der Waals surface area contributed by atoms with Crippen molar-refractivity contribution in [2.45, 2.75) is 58.8 Å². The van der Waals surface area contributed by atoms with Crippen LogP contribution in [0.2, 0.25) is 0 Å². The molecule has 0 aliphatic heterocycles. The molecule has 0 N–H and O–H groups in total. The van der Waals surface area contributed by atoms with Crippen molar-refractivity contribution in [1.82, 2.24) is 4.90 Å². The molecule has 0 aliphatic rings. The summed E-state index contributed by atoms with van der Waals surface area (Å²) in [5, 5.41) is 1.99. The first-order valence-corrected chi connectivity index (χ1v) is 13.0. The molecular weight excluding hydrogens is 361 g/mol. The first-order valence-electron chi connectivity index (χ1n) is 11.1. The van der Waals surface area contributed by atoms with Gasteiger partial charge in [0.05, 0.1) is 0 Å². The zero-order valence-corrected chi connectivity index (χ0v) is 18.7. The number of hydrogen-bond acceptors (Lipinski definition) is 2. The van der Waals surface area contributed by atoms with Gasteiger partial charge in [-0.2, -0.15) is 0 Å². The molecule has 2 rings (SSSR count). The number of unbranched alkanes of at least 4 members (excludes halogenated alkanes) is 4. The highest BCUT2D eigenvalue weighted by molar-refractivity contribution is 7.78. The van der Waals surface area contributed by atoms with E-state index in [1.54, 1.807) is 0 Å². The van der Waals surface area contributed by atoms with E-state index in [-0.39, 0.29) is 0 Å². The van der Waals surface area contributed by atoms with Gasteiger partial charge in [0.2, 0.25) is 0 Å². The summed E-state index contributed by atoms with van der Waals surface area (Å²) in [6.45, 7) is 8.17. The number of nitrogens with zero attached hydrogens (tertiary/aromatic N) is 1. The van der Waals surface area contributed by atoms with Crippen LogP contribution in [0.25, 0.3) is 0 Å². The summed E-state index contributed by atoms with van der Waals surface area (Å²) < 4.78 is 14.0. The Hall–Kier alpha value is -1.37. The van der Waals surface area contributed by atoms with Gasteiger partial charge in [0, 0.05) is 16.8 Å². The fourth-order valence-electron chi connectivity index (χ4n) is 3.69. The first kappa shape index (κ1) is 22.9. The lowest BCUT2D eigenvalue weighted by atomic mass is 10.2. The van der Waals surface area contributed by atoms with E-state index in [2.05, 4.69) is 18.7 Å². The number of benzene rings is 2. The highest BCUT2D eigenvalue weighted by Gasteiger charge is 2.26. The Labute approximate surface area is 172 Å². The van der Waals surface area contributed by atoms with Crippen LogP contribution >= 0.6 is 7.14 Å². The normalized spacial score (nSPS) is 11.8. The molecule has 0 spiro atoms. The lowest BCUT2D eigenvalue weighted by Crippen LogP contribution is -2.27. The number of hydrogen-bond donors (Lipinski definition) is 0. The molecule has 0 unspecified atom stereocenters. The van der Waals surface area contributed by atoms with Gasteiger partial charge >= 0.3 is 0 Å². The van der Waals surface area contributed by atoms with Crippen LogP contribution in [0, 0.1) is 0 Å². The lowest BCUT2D eigenvalue weighted by Gasteiger charge is -2.22. The van der Waals surface area contributed by atoms with E-state index in [1.165, 1.54) is 51.7 Å². The van der Waals surface area contributed by atoms with Gasteiger partial charge in [0.1, 0.15) is 7.14 Å². The number of rotatable bonds is 14. The highest BCUT2D eigenvalue weighted by Crippen LogP contribution is 2.44. The van der Waals surface area contributed by atoms with Crippen molar-refractivity contribution in [1.29, 1.82) is 0 Å². The summed E-state index contributed by atoms with van der Waals surface area (Å²) in [5.41, 5.74) is 0. The molecule has 28 heavy (non-hydrogen) atoms. The standard InChI is InChI=1S/C25H38NOP/c1-3-5-20-26(21-6-4-2)22-14-9-15-23-28(27,24-16-10-7-11-17-24)25-18-12-8-13-19-25/h7-8,10-13,16-19H,3-6,9,14-15,20-23H2,1-2H3. The maximum Gasteiger partial charge on any atom is 0.143 e. The molecule has 0 bridgehead atoms. The Kier molecular flexibility index (Phi) is 10.6. The Morgan fingerprint density at radius 3 is 1.57 bits per heavy atom. The van der Waals surface area contributed by atoms with E-state index in [4.69, 9.17) is 0 Å². The molecule has 0 aromatic heterocycles. The molecule has 0 fully saturated rings. The van der Waals surface area contributed by atoms with Crippen LogP contribution in [0.5, 0.6) is 0 Å². The summed E-state index contributed by atoms with van der Waals surface area (Å²) in [6, 6.07) is 20.1. The molecule has 0 saturated carbocycles. The molecule has 2 aromatic carbocycles. The van der Waals surface area contributed by atoms with E-state index in [0.717, 1.165) is 29.6 Å². The van der Waals surface area contributed by atoms with Gasteiger partial charge in [0.25, 0.3) is 0 Å². The van der Waals surface area contributed by atoms with Crippen LogP contribution in [0.1, 0.15) is 58.8 Å². The van der Waals surface area contributed by atoms with Gasteiger partial charge in [-0.3, -0.25) is 0 Å². The monoisotopic (exact) mass is 399 g/mol. The highest BCUT2D eigenvalue weighted by atomic mass is 31.2. The van der Waals surface area contributed by atoms with Crippen molar-refractivity contribution in [3.8, 4) is 0 Å². The summed E-state index contributed by atoms with van der Waals surface area (Å²) in [7, 11) is -2.54. The minimum atomic E-state index is -2.54. The molecule has 0 aliphatic carbocycles. The molecule has 0 atom stereocenters. The maximum absolute atomic E-state index is 14.0. The van der Waals surface area contributed by atoms with Gasteiger partial charge in [-0.25, -0.2) is 0 Å². The van der Waals surface area contributed by atoms with E-state index >= 15 is 0 Å². The third kappa shape index (κ3) is 7.22. The second kappa shape index (κ2) is 13.0. The molecule has 2 aromatic rings. The minimum Gasteiger partial charge on any atom is -0.314 e. The molecule has 0 saturated heterocycles.